The number of fused-ring (bicyclic) bond motifs is 1. The third-order valence-electron chi connectivity index (χ3n) is 9.87. The van der Waals surface area contributed by atoms with E-state index in [1.54, 1.807) is 30.5 Å². The number of β-amino-alcohol motifs (C(OH)–C–C–N with tert-alkyl or cyclic N) is 1. The van der Waals surface area contributed by atoms with Gasteiger partial charge in [0.2, 0.25) is 53.2 Å². The number of nitrogens with two attached hydrogens (primary N) is 3. The molecule has 1 unspecified atom stereocenters. The SMILES string of the molecule is CC(CO)[C@@H](NC(=O)[C@H](CO)NC(=O)[C@H](CC(N)=O)NC(=O)[C@H](C)NC(=O)[C@@H]1C[C@@H](O)CN1C(=O)[C@H](C)N)C(=O)N[C@@H](Cc1c[nH]c2ccccc12)C(=O)N[C@@H](CO)C(N)=O. The van der Waals surface area contributed by atoms with Gasteiger partial charge in [-0.2, -0.15) is 0 Å². The first-order valence-corrected chi connectivity index (χ1v) is 19.2. The summed E-state index contributed by atoms with van der Waals surface area (Å²) in [5.41, 5.74) is 17.5. The summed E-state index contributed by atoms with van der Waals surface area (Å²) >= 11 is 0. The largest absolute Gasteiger partial charge is 0.396 e. The zero-order chi connectivity index (χ0) is 45.7. The molecule has 17 N–H and O–H groups in total. The van der Waals surface area contributed by atoms with Crippen LogP contribution in [0.1, 0.15) is 39.2 Å². The number of para-hydroxylation sites is 1. The maximum atomic E-state index is 13.8. The fraction of sp³-hybridized carbons (Fsp3) is 0.541. The summed E-state index contributed by atoms with van der Waals surface area (Å²) in [7, 11) is 0. The first-order valence-electron chi connectivity index (χ1n) is 19.2. The van der Waals surface area contributed by atoms with E-state index in [0.717, 1.165) is 4.90 Å². The van der Waals surface area contributed by atoms with Crippen molar-refractivity contribution < 1.29 is 63.6 Å². The Morgan fingerprint density at radius 2 is 1.33 bits per heavy atom. The van der Waals surface area contributed by atoms with Gasteiger partial charge in [0.25, 0.3) is 0 Å². The number of primary amides is 2. The van der Waals surface area contributed by atoms with Crippen LogP contribution in [0.5, 0.6) is 0 Å². The topological polar surface area (TPSA) is 404 Å². The number of likely N-dealkylation sites (tertiary alicyclic amines) is 1. The van der Waals surface area contributed by atoms with Gasteiger partial charge >= 0.3 is 0 Å². The molecule has 2 aromatic rings. The van der Waals surface area contributed by atoms with Gasteiger partial charge in [0, 0.05) is 49.0 Å². The second kappa shape index (κ2) is 22.4. The van der Waals surface area contributed by atoms with Gasteiger partial charge in [-0.05, 0) is 25.5 Å². The Labute approximate surface area is 349 Å². The highest BCUT2D eigenvalue weighted by Gasteiger charge is 2.41. The smallest absolute Gasteiger partial charge is 0.245 e. The summed E-state index contributed by atoms with van der Waals surface area (Å²) in [4.78, 5) is 121. The highest BCUT2D eigenvalue weighted by atomic mass is 16.3. The number of rotatable bonds is 22. The molecule has 336 valence electrons. The molecule has 9 amide bonds. The molecular formula is C37H55N11O13. The van der Waals surface area contributed by atoms with Gasteiger partial charge < -0.3 is 79.4 Å². The molecule has 0 aliphatic carbocycles. The number of nitrogens with zero attached hydrogens (tertiary/aromatic N) is 1. The highest BCUT2D eigenvalue weighted by molar-refractivity contribution is 5.99. The zero-order valence-corrected chi connectivity index (χ0v) is 33.8. The first-order chi connectivity index (χ1) is 28.7. The Bertz CT molecular complexity index is 1940. The van der Waals surface area contributed by atoms with Crippen molar-refractivity contribution in [1.29, 1.82) is 0 Å². The third-order valence-corrected chi connectivity index (χ3v) is 9.87. The van der Waals surface area contributed by atoms with Crippen molar-refractivity contribution in [3.63, 3.8) is 0 Å². The van der Waals surface area contributed by atoms with Crippen LogP contribution in [0.2, 0.25) is 0 Å². The lowest BCUT2D eigenvalue weighted by Gasteiger charge is -2.28. The minimum atomic E-state index is -1.84. The number of nitrogens with one attached hydrogen (secondary N) is 7. The van der Waals surface area contributed by atoms with E-state index < -0.39 is 140 Å². The van der Waals surface area contributed by atoms with Crippen LogP contribution >= 0.6 is 0 Å². The predicted octanol–water partition coefficient (Wildman–Crippen LogP) is -7.08. The average molecular weight is 862 g/mol. The minimum absolute atomic E-state index is 0.140. The summed E-state index contributed by atoms with van der Waals surface area (Å²) in [6, 6.07) is -4.71. The summed E-state index contributed by atoms with van der Waals surface area (Å²) < 4.78 is 0. The van der Waals surface area contributed by atoms with E-state index in [9.17, 15) is 63.6 Å². The van der Waals surface area contributed by atoms with Crippen molar-refractivity contribution in [2.45, 2.75) is 94.5 Å². The van der Waals surface area contributed by atoms with Gasteiger partial charge in [-0.1, -0.05) is 25.1 Å². The van der Waals surface area contributed by atoms with E-state index in [0.29, 0.717) is 16.5 Å². The van der Waals surface area contributed by atoms with Gasteiger partial charge in [-0.3, -0.25) is 43.2 Å². The molecular weight excluding hydrogens is 806 g/mol. The molecule has 10 atom stereocenters. The van der Waals surface area contributed by atoms with E-state index in [2.05, 4.69) is 36.9 Å². The lowest BCUT2D eigenvalue weighted by Crippen LogP contribution is -2.62. The molecule has 1 aliphatic rings. The van der Waals surface area contributed by atoms with Gasteiger partial charge in [0.1, 0.15) is 42.3 Å². The van der Waals surface area contributed by atoms with E-state index in [-0.39, 0.29) is 19.4 Å². The van der Waals surface area contributed by atoms with E-state index in [1.807, 2.05) is 0 Å². The summed E-state index contributed by atoms with van der Waals surface area (Å²) in [5.74, 6) is -9.98. The summed E-state index contributed by atoms with van der Waals surface area (Å²) in [6.45, 7) is 1.19. The van der Waals surface area contributed by atoms with Crippen LogP contribution in [0.3, 0.4) is 0 Å². The van der Waals surface area contributed by atoms with Crippen LogP contribution in [0.25, 0.3) is 10.9 Å². The second-order valence-electron chi connectivity index (χ2n) is 14.8. The Kier molecular flexibility index (Phi) is 18.1. The van der Waals surface area contributed by atoms with Crippen LogP contribution in [0, 0.1) is 5.92 Å². The lowest BCUT2D eigenvalue weighted by atomic mass is 9.99. The first kappa shape index (κ1) is 49.2. The van der Waals surface area contributed by atoms with Crippen LogP contribution < -0.4 is 49.1 Å². The predicted molar refractivity (Wildman–Crippen MR) is 212 cm³/mol. The molecule has 1 fully saturated rings. The molecule has 0 spiro atoms. The lowest BCUT2D eigenvalue weighted by molar-refractivity contribution is -0.140. The van der Waals surface area contributed by atoms with Gasteiger partial charge in [0.15, 0.2) is 0 Å². The Balaban J connectivity index is 1.76. The van der Waals surface area contributed by atoms with Crippen molar-refractivity contribution in [1.82, 2.24) is 41.8 Å². The normalized spacial score (nSPS) is 18.9. The van der Waals surface area contributed by atoms with Gasteiger partial charge in [-0.25, -0.2) is 0 Å². The summed E-state index contributed by atoms with van der Waals surface area (Å²) in [5, 5.41) is 54.3. The number of carbonyl (C=O) groups excluding carboxylic acids is 9. The molecule has 2 heterocycles. The van der Waals surface area contributed by atoms with E-state index in [4.69, 9.17) is 17.2 Å². The fourth-order valence-corrected chi connectivity index (χ4v) is 6.41. The Morgan fingerprint density at radius 1 is 0.754 bits per heavy atom. The highest BCUT2D eigenvalue weighted by Crippen LogP contribution is 2.21. The van der Waals surface area contributed by atoms with Gasteiger partial charge in [-0.15, -0.1) is 0 Å². The number of benzene rings is 1. The van der Waals surface area contributed by atoms with Gasteiger partial charge in [0.05, 0.1) is 31.8 Å². The van der Waals surface area contributed by atoms with Crippen molar-refractivity contribution in [2.24, 2.45) is 23.1 Å². The van der Waals surface area contributed by atoms with Crippen LogP contribution in [-0.2, 0) is 49.6 Å². The second-order valence-corrected chi connectivity index (χ2v) is 14.8. The quantitative estimate of drug-likeness (QED) is 0.0523. The Morgan fingerprint density at radius 3 is 1.92 bits per heavy atom. The third kappa shape index (κ3) is 13.4. The molecule has 0 radical (unpaired) electrons. The number of aliphatic hydroxyl groups is 4. The van der Waals surface area contributed by atoms with Crippen molar-refractivity contribution >= 4 is 64.1 Å². The summed E-state index contributed by atoms with van der Waals surface area (Å²) in [6.07, 6.45) is -0.575. The molecule has 1 aliphatic heterocycles. The van der Waals surface area contributed by atoms with Crippen molar-refractivity contribution in [3.05, 3.63) is 36.0 Å². The number of H-pyrrole nitrogens is 1. The van der Waals surface area contributed by atoms with E-state index in [1.165, 1.54) is 20.8 Å². The number of aromatic nitrogens is 1. The molecule has 3 rings (SSSR count). The number of aromatic amines is 1. The molecule has 0 saturated carbocycles. The minimum Gasteiger partial charge on any atom is -0.396 e. The molecule has 1 aromatic heterocycles. The number of hydrogen-bond donors (Lipinski definition) is 14. The fourth-order valence-electron chi connectivity index (χ4n) is 6.41. The van der Waals surface area contributed by atoms with Crippen molar-refractivity contribution in [3.8, 4) is 0 Å². The maximum absolute atomic E-state index is 13.8. The molecule has 0 bridgehead atoms. The Hall–Kier alpha value is -6.21. The van der Waals surface area contributed by atoms with Crippen LogP contribution in [0.4, 0.5) is 0 Å². The number of carbonyl (C=O) groups is 9. The standard InChI is InChI=1S/C37H55N11O13/c1-16(13-49)29(36(60)44-23(32(56)45-25(14-50)30(40)54)8-19-11-41-22-7-5-4-6-21(19)22)47-34(58)26(15-51)46-33(57)24(10-28(39)53)43-31(55)18(3)42-35(59)27-9-20(52)12-48(27)37(61)17(2)38/h4-7,11,16-18,20,23-27,29,41,49-52H,8-10,12-15,38H2,1-3H3,(H2,39,53)(H2,40,54)(H,42,59)(H,43,55)(H,44,60)(H,45,56)(H,46,57)(H,47,58)/t16?,17-,18-,20+,23-,24-,25-,26-,27-,29+/m0/s1. The monoisotopic (exact) mass is 861 g/mol. The molecule has 1 aromatic carbocycles. The zero-order valence-electron chi connectivity index (χ0n) is 33.8. The average Bonchev–Trinajstić information content (AvgIpc) is 3.81. The van der Waals surface area contributed by atoms with Crippen molar-refractivity contribution in [2.75, 3.05) is 26.4 Å². The number of aliphatic hydroxyl groups excluding tert-OH is 4. The molecule has 61 heavy (non-hydrogen) atoms. The molecule has 24 nitrogen and oxygen atoms in total. The number of amides is 9. The maximum Gasteiger partial charge on any atom is 0.245 e. The number of hydrogen-bond acceptors (Lipinski definition) is 14. The molecule has 24 heteroatoms. The van der Waals surface area contributed by atoms with E-state index >= 15 is 0 Å². The van der Waals surface area contributed by atoms with Crippen LogP contribution in [0.15, 0.2) is 30.5 Å². The van der Waals surface area contributed by atoms with Crippen LogP contribution in [-0.4, -0.2) is 164 Å². The molecule has 1 saturated heterocycles.